The van der Waals surface area contributed by atoms with Gasteiger partial charge in [-0.25, -0.2) is 4.98 Å². The lowest BCUT2D eigenvalue weighted by Crippen LogP contribution is -2.19. The predicted molar refractivity (Wildman–Crippen MR) is 79.4 cm³/mol. The quantitative estimate of drug-likeness (QED) is 0.789. The van der Waals surface area contributed by atoms with Crippen LogP contribution in [0.25, 0.3) is 5.65 Å². The summed E-state index contributed by atoms with van der Waals surface area (Å²) < 4.78 is 2.07. The molecule has 0 bridgehead atoms. The molecule has 0 aliphatic heterocycles. The Morgan fingerprint density at radius 2 is 2.15 bits per heavy atom. The van der Waals surface area contributed by atoms with Crippen LogP contribution in [-0.4, -0.2) is 14.4 Å². The van der Waals surface area contributed by atoms with Crippen LogP contribution in [-0.2, 0) is 6.54 Å². The molecule has 3 rings (SSSR count). The number of pyridine rings is 2. The first-order valence-electron chi connectivity index (χ1n) is 6.81. The summed E-state index contributed by atoms with van der Waals surface area (Å²) in [7, 11) is 0. The van der Waals surface area contributed by atoms with Crippen molar-refractivity contribution in [2.24, 2.45) is 0 Å². The molecule has 0 fully saturated rings. The number of imidazole rings is 1. The molecule has 3 aromatic rings. The fourth-order valence-electron chi connectivity index (χ4n) is 2.28. The third-order valence-electron chi connectivity index (χ3n) is 3.45. The van der Waals surface area contributed by atoms with Gasteiger partial charge in [-0.3, -0.25) is 4.98 Å². The number of hydrogen-bond acceptors (Lipinski definition) is 3. The lowest BCUT2D eigenvalue weighted by Gasteiger charge is -2.11. The maximum Gasteiger partial charge on any atom is 0.139 e. The molecule has 1 unspecified atom stereocenters. The lowest BCUT2D eigenvalue weighted by atomic mass is 10.2. The van der Waals surface area contributed by atoms with E-state index in [0.717, 1.165) is 23.6 Å². The van der Waals surface area contributed by atoms with E-state index in [0.29, 0.717) is 0 Å². The van der Waals surface area contributed by atoms with Crippen LogP contribution in [0.15, 0.2) is 48.9 Å². The number of hydrogen-bond donors (Lipinski definition) is 1. The van der Waals surface area contributed by atoms with Crippen molar-refractivity contribution in [3.63, 3.8) is 0 Å². The average Bonchev–Trinajstić information content (AvgIpc) is 2.90. The second kappa shape index (κ2) is 5.43. The fourth-order valence-corrected chi connectivity index (χ4v) is 2.28. The summed E-state index contributed by atoms with van der Waals surface area (Å²) in [5, 5.41) is 3.46. The largest absolute Gasteiger partial charge is 0.307 e. The minimum atomic E-state index is 0.210. The second-order valence-corrected chi connectivity index (χ2v) is 5.01. The zero-order chi connectivity index (χ0) is 13.9. The SMILES string of the molecule is Cc1cccn2cc(CNC(C)c3ccccn3)nc12. The van der Waals surface area contributed by atoms with Crippen molar-refractivity contribution in [2.75, 3.05) is 0 Å². The van der Waals surface area contributed by atoms with E-state index in [-0.39, 0.29) is 6.04 Å². The summed E-state index contributed by atoms with van der Waals surface area (Å²) in [6.45, 7) is 4.93. The maximum atomic E-state index is 4.66. The van der Waals surface area contributed by atoms with Crippen LogP contribution >= 0.6 is 0 Å². The van der Waals surface area contributed by atoms with Crippen LogP contribution in [0.2, 0.25) is 0 Å². The molecule has 4 heteroatoms. The van der Waals surface area contributed by atoms with Crippen LogP contribution in [0, 0.1) is 6.92 Å². The average molecular weight is 266 g/mol. The third-order valence-corrected chi connectivity index (χ3v) is 3.45. The molecule has 20 heavy (non-hydrogen) atoms. The maximum absolute atomic E-state index is 4.66. The first-order valence-corrected chi connectivity index (χ1v) is 6.81. The highest BCUT2D eigenvalue weighted by Gasteiger charge is 2.08. The zero-order valence-corrected chi connectivity index (χ0v) is 11.7. The van der Waals surface area contributed by atoms with Crippen LogP contribution in [0.3, 0.4) is 0 Å². The van der Waals surface area contributed by atoms with Gasteiger partial charge in [0.05, 0.1) is 11.4 Å². The smallest absolute Gasteiger partial charge is 0.139 e. The summed E-state index contributed by atoms with van der Waals surface area (Å²) >= 11 is 0. The Morgan fingerprint density at radius 3 is 2.90 bits per heavy atom. The highest BCUT2D eigenvalue weighted by atomic mass is 15.0. The zero-order valence-electron chi connectivity index (χ0n) is 11.7. The molecule has 102 valence electrons. The van der Waals surface area contributed by atoms with Gasteiger partial charge in [-0.15, -0.1) is 0 Å². The fraction of sp³-hybridized carbons (Fsp3) is 0.250. The van der Waals surface area contributed by atoms with E-state index in [9.17, 15) is 0 Å². The van der Waals surface area contributed by atoms with Crippen LogP contribution in [0.1, 0.15) is 29.9 Å². The van der Waals surface area contributed by atoms with Crippen LogP contribution in [0.4, 0.5) is 0 Å². The van der Waals surface area contributed by atoms with E-state index in [2.05, 4.69) is 45.8 Å². The van der Waals surface area contributed by atoms with Gasteiger partial charge in [0, 0.05) is 31.2 Å². The standard InChI is InChI=1S/C16H18N4/c1-12-6-5-9-20-11-14(19-16(12)20)10-18-13(2)15-7-3-4-8-17-15/h3-9,11,13,18H,10H2,1-2H3. The van der Waals surface area contributed by atoms with E-state index >= 15 is 0 Å². The van der Waals surface area contributed by atoms with Gasteiger partial charge in [-0.05, 0) is 37.6 Å². The number of fused-ring (bicyclic) bond motifs is 1. The van der Waals surface area contributed by atoms with Gasteiger partial charge in [0.15, 0.2) is 0 Å². The van der Waals surface area contributed by atoms with Crippen molar-refractivity contribution in [1.29, 1.82) is 0 Å². The van der Waals surface area contributed by atoms with E-state index < -0.39 is 0 Å². The summed E-state index contributed by atoms with van der Waals surface area (Å²) in [5.41, 5.74) is 4.31. The van der Waals surface area contributed by atoms with E-state index in [4.69, 9.17) is 0 Å². The van der Waals surface area contributed by atoms with Gasteiger partial charge in [0.1, 0.15) is 5.65 Å². The van der Waals surface area contributed by atoms with Crippen molar-refractivity contribution >= 4 is 5.65 Å². The first kappa shape index (κ1) is 12.8. The molecule has 0 radical (unpaired) electrons. The van der Waals surface area contributed by atoms with Gasteiger partial charge >= 0.3 is 0 Å². The van der Waals surface area contributed by atoms with Crippen molar-refractivity contribution in [3.8, 4) is 0 Å². The van der Waals surface area contributed by atoms with Crippen molar-refractivity contribution in [2.45, 2.75) is 26.4 Å². The molecule has 0 aromatic carbocycles. The Morgan fingerprint density at radius 1 is 1.25 bits per heavy atom. The van der Waals surface area contributed by atoms with Gasteiger partial charge < -0.3 is 9.72 Å². The number of rotatable bonds is 4. The Bertz CT molecular complexity index is 703. The van der Waals surface area contributed by atoms with Crippen molar-refractivity contribution in [1.82, 2.24) is 19.7 Å². The monoisotopic (exact) mass is 266 g/mol. The normalized spacial score (nSPS) is 12.7. The van der Waals surface area contributed by atoms with E-state index in [1.165, 1.54) is 5.56 Å². The highest BCUT2D eigenvalue weighted by Crippen LogP contribution is 2.12. The van der Waals surface area contributed by atoms with Gasteiger partial charge in [-0.1, -0.05) is 12.1 Å². The molecular weight excluding hydrogens is 248 g/mol. The summed E-state index contributed by atoms with van der Waals surface area (Å²) in [5.74, 6) is 0. The number of aromatic nitrogens is 3. The Hall–Kier alpha value is -2.20. The number of aryl methyl sites for hydroxylation is 1. The molecule has 0 saturated heterocycles. The minimum absolute atomic E-state index is 0.210. The van der Waals surface area contributed by atoms with Gasteiger partial charge in [-0.2, -0.15) is 0 Å². The Labute approximate surface area is 118 Å². The molecule has 0 aliphatic rings. The molecule has 0 aliphatic carbocycles. The van der Waals surface area contributed by atoms with Gasteiger partial charge in [0.25, 0.3) is 0 Å². The summed E-state index contributed by atoms with van der Waals surface area (Å²) in [6.07, 6.45) is 5.92. The predicted octanol–water partition coefficient (Wildman–Crippen LogP) is 2.89. The lowest BCUT2D eigenvalue weighted by molar-refractivity contribution is 0.556. The Kier molecular flexibility index (Phi) is 3.48. The molecule has 1 N–H and O–H groups in total. The Balaban J connectivity index is 1.72. The topological polar surface area (TPSA) is 42.2 Å². The summed E-state index contributed by atoms with van der Waals surface area (Å²) in [6, 6.07) is 10.3. The molecule has 1 atom stereocenters. The number of nitrogens with one attached hydrogen (secondary N) is 1. The first-order chi connectivity index (χ1) is 9.74. The molecular formula is C16H18N4. The highest BCUT2D eigenvalue weighted by molar-refractivity contribution is 5.47. The van der Waals surface area contributed by atoms with Crippen LogP contribution in [0.5, 0.6) is 0 Å². The minimum Gasteiger partial charge on any atom is -0.307 e. The molecule has 0 saturated carbocycles. The van der Waals surface area contributed by atoms with E-state index in [1.807, 2.05) is 36.7 Å². The van der Waals surface area contributed by atoms with Crippen molar-refractivity contribution < 1.29 is 0 Å². The van der Waals surface area contributed by atoms with Crippen molar-refractivity contribution in [3.05, 3.63) is 65.9 Å². The second-order valence-electron chi connectivity index (χ2n) is 5.01. The van der Waals surface area contributed by atoms with Crippen LogP contribution < -0.4 is 5.32 Å². The molecule has 0 spiro atoms. The third kappa shape index (κ3) is 2.56. The molecule has 3 heterocycles. The summed E-state index contributed by atoms with van der Waals surface area (Å²) in [4.78, 5) is 9.02. The number of nitrogens with zero attached hydrogens (tertiary/aromatic N) is 3. The van der Waals surface area contributed by atoms with E-state index in [1.54, 1.807) is 0 Å². The molecule has 4 nitrogen and oxygen atoms in total. The molecule has 0 amide bonds. The van der Waals surface area contributed by atoms with Gasteiger partial charge in [0.2, 0.25) is 0 Å². The molecule has 3 aromatic heterocycles.